The van der Waals surface area contributed by atoms with Gasteiger partial charge in [0, 0.05) is 32.2 Å². The topological polar surface area (TPSA) is 29.0 Å². The SMILES string of the molecule is c1ccc(-c2cc(-c3ccccc3)nc(-c3ccc4c5ccc(N6c7ccccc7Sc7ccccc76)cc5c5ccccc5c4c3)n2)cc1. The largest absolute Gasteiger partial charge is 0.308 e. The monoisotopic (exact) mass is 655 g/mol. The lowest BCUT2D eigenvalue weighted by atomic mass is 9.92. The summed E-state index contributed by atoms with van der Waals surface area (Å²) >= 11 is 1.84. The minimum atomic E-state index is 0.715. The molecule has 0 spiro atoms. The van der Waals surface area contributed by atoms with E-state index in [0.29, 0.717) is 5.82 Å². The van der Waals surface area contributed by atoms with Crippen LogP contribution < -0.4 is 4.90 Å². The van der Waals surface area contributed by atoms with Gasteiger partial charge in [0.05, 0.1) is 22.8 Å². The highest BCUT2D eigenvalue weighted by Crippen LogP contribution is 2.52. The van der Waals surface area contributed by atoms with Gasteiger partial charge in [0.25, 0.3) is 0 Å². The predicted octanol–water partition coefficient (Wildman–Crippen LogP) is 12.9. The summed E-state index contributed by atoms with van der Waals surface area (Å²) in [5.74, 6) is 0.715. The van der Waals surface area contributed by atoms with Crippen molar-refractivity contribution in [3.05, 3.63) is 176 Å². The van der Waals surface area contributed by atoms with E-state index in [1.54, 1.807) is 0 Å². The molecule has 1 aliphatic heterocycles. The van der Waals surface area contributed by atoms with E-state index in [9.17, 15) is 0 Å². The van der Waals surface area contributed by atoms with Crippen LogP contribution in [0.3, 0.4) is 0 Å². The molecule has 1 aromatic heterocycles. The number of nitrogens with zero attached hydrogens (tertiary/aromatic N) is 3. The minimum absolute atomic E-state index is 0.715. The molecule has 0 bridgehead atoms. The fraction of sp³-hybridized carbons (Fsp3) is 0. The third kappa shape index (κ3) is 4.76. The summed E-state index contributed by atoms with van der Waals surface area (Å²) in [6.07, 6.45) is 0. The van der Waals surface area contributed by atoms with Gasteiger partial charge in [-0.15, -0.1) is 0 Å². The lowest BCUT2D eigenvalue weighted by Gasteiger charge is -2.33. The van der Waals surface area contributed by atoms with E-state index in [1.807, 2.05) is 23.9 Å². The highest BCUT2D eigenvalue weighted by molar-refractivity contribution is 7.99. The first kappa shape index (κ1) is 28.8. The third-order valence-corrected chi connectivity index (χ3v) is 10.8. The summed E-state index contributed by atoms with van der Waals surface area (Å²) in [6.45, 7) is 0. The second kappa shape index (κ2) is 11.7. The molecular formula is C46H29N3S. The van der Waals surface area contributed by atoms with Gasteiger partial charge in [-0.3, -0.25) is 0 Å². The van der Waals surface area contributed by atoms with Crippen molar-refractivity contribution in [2.45, 2.75) is 9.79 Å². The van der Waals surface area contributed by atoms with Crippen molar-refractivity contribution in [2.24, 2.45) is 0 Å². The van der Waals surface area contributed by atoms with E-state index < -0.39 is 0 Å². The molecule has 0 saturated carbocycles. The van der Waals surface area contributed by atoms with Gasteiger partial charge >= 0.3 is 0 Å². The molecule has 0 unspecified atom stereocenters. The van der Waals surface area contributed by atoms with E-state index >= 15 is 0 Å². The lowest BCUT2D eigenvalue weighted by Crippen LogP contribution is -2.14. The van der Waals surface area contributed by atoms with Crippen molar-refractivity contribution < 1.29 is 0 Å². The maximum atomic E-state index is 5.13. The fourth-order valence-corrected chi connectivity index (χ4v) is 8.35. The average molecular weight is 656 g/mol. The molecule has 50 heavy (non-hydrogen) atoms. The molecule has 4 heteroatoms. The third-order valence-electron chi connectivity index (χ3n) is 9.63. The van der Waals surface area contributed by atoms with Crippen molar-refractivity contribution in [3.63, 3.8) is 0 Å². The van der Waals surface area contributed by atoms with Crippen LogP contribution >= 0.6 is 11.8 Å². The van der Waals surface area contributed by atoms with Crippen LogP contribution in [0.15, 0.2) is 186 Å². The Morgan fingerprint density at radius 1 is 0.360 bits per heavy atom. The Morgan fingerprint density at radius 3 is 1.44 bits per heavy atom. The number of para-hydroxylation sites is 2. The van der Waals surface area contributed by atoms with Crippen LogP contribution in [0.2, 0.25) is 0 Å². The van der Waals surface area contributed by atoms with Gasteiger partial charge in [-0.2, -0.15) is 0 Å². The number of rotatable bonds is 4. The summed E-state index contributed by atoms with van der Waals surface area (Å²) in [7, 11) is 0. The summed E-state index contributed by atoms with van der Waals surface area (Å²) in [5, 5.41) is 7.31. The number of fused-ring (bicyclic) bond motifs is 8. The lowest BCUT2D eigenvalue weighted by molar-refractivity contribution is 1.17. The predicted molar refractivity (Wildman–Crippen MR) is 210 cm³/mol. The molecule has 9 aromatic rings. The molecule has 234 valence electrons. The molecule has 8 aromatic carbocycles. The second-order valence-corrected chi connectivity index (χ2v) is 13.7. The molecule has 3 nitrogen and oxygen atoms in total. The first-order valence-electron chi connectivity index (χ1n) is 16.8. The average Bonchev–Trinajstić information content (AvgIpc) is 3.20. The molecule has 0 saturated heterocycles. The van der Waals surface area contributed by atoms with Gasteiger partial charge in [0.2, 0.25) is 0 Å². The highest BCUT2D eigenvalue weighted by atomic mass is 32.2. The Hall–Kier alpha value is -6.23. The number of hydrogen-bond acceptors (Lipinski definition) is 4. The molecule has 0 N–H and O–H groups in total. The van der Waals surface area contributed by atoms with Crippen molar-refractivity contribution in [1.29, 1.82) is 0 Å². The van der Waals surface area contributed by atoms with Gasteiger partial charge in [-0.05, 0) is 80.8 Å². The molecule has 2 heterocycles. The van der Waals surface area contributed by atoms with Crippen LogP contribution in [0.25, 0.3) is 66.2 Å². The van der Waals surface area contributed by atoms with Crippen molar-refractivity contribution in [1.82, 2.24) is 9.97 Å². The molecular weight excluding hydrogens is 627 g/mol. The Kier molecular flexibility index (Phi) is 6.74. The van der Waals surface area contributed by atoms with Crippen LogP contribution in [-0.2, 0) is 0 Å². The van der Waals surface area contributed by atoms with E-state index in [0.717, 1.165) is 33.8 Å². The van der Waals surface area contributed by atoms with Gasteiger partial charge in [-0.25, -0.2) is 9.97 Å². The molecule has 10 rings (SSSR count). The quantitative estimate of drug-likeness (QED) is 0.176. The number of benzene rings is 8. The van der Waals surface area contributed by atoms with E-state index in [1.165, 1.54) is 53.5 Å². The molecule has 0 radical (unpaired) electrons. The first-order valence-corrected chi connectivity index (χ1v) is 17.6. The van der Waals surface area contributed by atoms with E-state index in [2.05, 4.69) is 169 Å². The summed E-state index contributed by atoms with van der Waals surface area (Å²) in [5.41, 5.74) is 8.51. The molecule has 0 aliphatic carbocycles. The van der Waals surface area contributed by atoms with Crippen molar-refractivity contribution in [2.75, 3.05) is 4.90 Å². The van der Waals surface area contributed by atoms with E-state index in [-0.39, 0.29) is 0 Å². The maximum Gasteiger partial charge on any atom is 0.160 e. The summed E-state index contributed by atoms with van der Waals surface area (Å²) < 4.78 is 0. The first-order chi connectivity index (χ1) is 24.8. The normalized spacial score (nSPS) is 12.3. The zero-order chi connectivity index (χ0) is 33.0. The summed E-state index contributed by atoms with van der Waals surface area (Å²) in [4.78, 5) is 15.2. The molecule has 0 fully saturated rings. The second-order valence-electron chi connectivity index (χ2n) is 12.6. The number of anilines is 3. The van der Waals surface area contributed by atoms with E-state index in [4.69, 9.17) is 9.97 Å². The smallest absolute Gasteiger partial charge is 0.160 e. The maximum absolute atomic E-state index is 5.13. The van der Waals surface area contributed by atoms with Gasteiger partial charge in [0.1, 0.15) is 0 Å². The zero-order valence-electron chi connectivity index (χ0n) is 27.0. The van der Waals surface area contributed by atoms with Crippen LogP contribution in [0.5, 0.6) is 0 Å². The fourth-order valence-electron chi connectivity index (χ4n) is 7.30. The Bertz CT molecular complexity index is 2620. The standard InChI is InChI=1S/C46H29N3S/c1-3-13-30(14-4-1)40-29-41(31-15-5-2-6-16-31)48-46(47-40)32-23-25-36-37-26-24-33(28-39(37)35-18-8-7-17-34(35)38(36)27-32)49-42-19-9-11-21-44(42)50-45-22-12-10-20-43(45)49/h1-29H. The van der Waals surface area contributed by atoms with Gasteiger partial charge in [0.15, 0.2) is 5.82 Å². The van der Waals surface area contributed by atoms with Gasteiger partial charge in [-0.1, -0.05) is 139 Å². The Balaban J connectivity index is 1.17. The number of aromatic nitrogens is 2. The van der Waals surface area contributed by atoms with Crippen LogP contribution in [-0.4, -0.2) is 9.97 Å². The Labute approximate surface area is 294 Å². The Morgan fingerprint density at radius 2 is 0.840 bits per heavy atom. The molecule has 0 amide bonds. The van der Waals surface area contributed by atoms with Crippen molar-refractivity contribution in [3.8, 4) is 33.9 Å². The minimum Gasteiger partial charge on any atom is -0.308 e. The summed E-state index contributed by atoms with van der Waals surface area (Å²) in [6, 6.07) is 62.6. The molecule has 1 aliphatic rings. The van der Waals surface area contributed by atoms with Crippen LogP contribution in [0, 0.1) is 0 Å². The highest BCUT2D eigenvalue weighted by Gasteiger charge is 2.25. The molecule has 0 atom stereocenters. The van der Waals surface area contributed by atoms with Crippen LogP contribution in [0.1, 0.15) is 0 Å². The number of hydrogen-bond donors (Lipinski definition) is 0. The zero-order valence-corrected chi connectivity index (χ0v) is 27.8. The van der Waals surface area contributed by atoms with Gasteiger partial charge < -0.3 is 4.90 Å². The van der Waals surface area contributed by atoms with Crippen LogP contribution in [0.4, 0.5) is 17.1 Å². The van der Waals surface area contributed by atoms with Crippen molar-refractivity contribution >= 4 is 61.1 Å².